The molecule has 0 unspecified atom stereocenters. The largest absolute Gasteiger partial charge is 0.493 e. The molecule has 2 saturated heterocycles. The molecule has 2 atom stereocenters. The van der Waals surface area contributed by atoms with E-state index in [9.17, 15) is 0 Å². The van der Waals surface area contributed by atoms with Crippen molar-refractivity contribution in [3.8, 4) is 11.5 Å². The molecule has 4 heterocycles. The fourth-order valence-corrected chi connectivity index (χ4v) is 5.25. The summed E-state index contributed by atoms with van der Waals surface area (Å²) in [6.45, 7) is 5.64. The molecule has 0 amide bonds. The summed E-state index contributed by atoms with van der Waals surface area (Å²) in [6, 6.07) is 6.17. The predicted octanol–water partition coefficient (Wildman–Crippen LogP) is 3.69. The molecule has 0 radical (unpaired) electrons. The highest BCUT2D eigenvalue weighted by molar-refractivity contribution is 5.50. The number of piperidine rings is 1. The average molecular weight is 396 g/mol. The van der Waals surface area contributed by atoms with Crippen molar-refractivity contribution in [3.05, 3.63) is 47.5 Å². The van der Waals surface area contributed by atoms with Gasteiger partial charge >= 0.3 is 0 Å². The van der Waals surface area contributed by atoms with Gasteiger partial charge in [-0.15, -0.1) is 0 Å². The molecule has 3 aliphatic rings. The van der Waals surface area contributed by atoms with E-state index in [0.717, 1.165) is 74.8 Å². The molecule has 0 saturated carbocycles. The number of fused-ring (bicyclic) bond motifs is 4. The summed E-state index contributed by atoms with van der Waals surface area (Å²) in [6.07, 6.45) is 8.26. The van der Waals surface area contributed by atoms with Crippen molar-refractivity contribution in [1.82, 2.24) is 14.9 Å². The third-order valence-electron chi connectivity index (χ3n) is 6.78. The minimum atomic E-state index is -0.174. The van der Waals surface area contributed by atoms with E-state index in [1.165, 1.54) is 5.56 Å². The third-order valence-corrected chi connectivity index (χ3v) is 6.78. The first-order chi connectivity index (χ1) is 14.2. The molecule has 1 aromatic carbocycles. The minimum Gasteiger partial charge on any atom is -0.493 e. The SMILES string of the molecule is COc1cccc2c1OC1(CCN(Cc3cnc(C)nc3)CC1)[C@H]1CCCO[C@H]21. The number of aromatic nitrogens is 2. The molecule has 6 nitrogen and oxygen atoms in total. The van der Waals surface area contributed by atoms with Gasteiger partial charge in [-0.2, -0.15) is 0 Å². The van der Waals surface area contributed by atoms with Crippen LogP contribution in [-0.2, 0) is 11.3 Å². The summed E-state index contributed by atoms with van der Waals surface area (Å²) >= 11 is 0. The fraction of sp³-hybridized carbons (Fsp3) is 0.565. The van der Waals surface area contributed by atoms with Crippen LogP contribution in [0.5, 0.6) is 11.5 Å². The third kappa shape index (κ3) is 3.38. The lowest BCUT2D eigenvalue weighted by molar-refractivity contribution is -0.150. The van der Waals surface area contributed by atoms with Crippen molar-refractivity contribution >= 4 is 0 Å². The van der Waals surface area contributed by atoms with E-state index in [-0.39, 0.29) is 11.7 Å². The molecule has 0 aliphatic carbocycles. The molecule has 5 rings (SSSR count). The second-order valence-electron chi connectivity index (χ2n) is 8.50. The maximum atomic E-state index is 6.81. The molecule has 0 bridgehead atoms. The number of benzene rings is 1. The van der Waals surface area contributed by atoms with Crippen molar-refractivity contribution in [2.45, 2.75) is 50.9 Å². The zero-order valence-corrected chi connectivity index (χ0v) is 17.3. The van der Waals surface area contributed by atoms with Gasteiger partial charge in [-0.25, -0.2) is 9.97 Å². The van der Waals surface area contributed by atoms with E-state index >= 15 is 0 Å². The van der Waals surface area contributed by atoms with E-state index in [0.29, 0.717) is 5.92 Å². The first kappa shape index (κ1) is 18.8. The maximum absolute atomic E-state index is 6.81. The van der Waals surface area contributed by atoms with Gasteiger partial charge < -0.3 is 14.2 Å². The smallest absolute Gasteiger partial charge is 0.167 e. The molecule has 3 aliphatic heterocycles. The Bertz CT molecular complexity index is 862. The van der Waals surface area contributed by atoms with Crippen LogP contribution in [0, 0.1) is 12.8 Å². The number of rotatable bonds is 3. The molecule has 6 heteroatoms. The maximum Gasteiger partial charge on any atom is 0.167 e. The molecule has 154 valence electrons. The fourth-order valence-electron chi connectivity index (χ4n) is 5.25. The Morgan fingerprint density at radius 3 is 2.76 bits per heavy atom. The standard InChI is InChI=1S/C23H29N3O3/c1-16-24-13-17(14-25-16)15-26-10-8-23(9-11-26)19-6-4-12-28-21(19)18-5-3-7-20(27-2)22(18)29-23/h3,5,7,13-14,19,21H,4,6,8-12,15H2,1-2H3/t19-,21+/m0/s1. The van der Waals surface area contributed by atoms with Gasteiger partial charge in [-0.1, -0.05) is 12.1 Å². The van der Waals surface area contributed by atoms with Crippen LogP contribution < -0.4 is 9.47 Å². The number of hydrogen-bond acceptors (Lipinski definition) is 6. The lowest BCUT2D eigenvalue weighted by Crippen LogP contribution is -2.57. The monoisotopic (exact) mass is 395 g/mol. The Kier molecular flexibility index (Phi) is 4.92. The summed E-state index contributed by atoms with van der Waals surface area (Å²) < 4.78 is 18.7. The molecular formula is C23H29N3O3. The molecule has 2 fully saturated rings. The second-order valence-corrected chi connectivity index (χ2v) is 8.50. The number of para-hydroxylation sites is 1. The van der Waals surface area contributed by atoms with Gasteiger partial charge in [0, 0.05) is 68.5 Å². The molecule has 1 spiro atoms. The van der Waals surface area contributed by atoms with Crippen LogP contribution >= 0.6 is 0 Å². The topological polar surface area (TPSA) is 56.7 Å². The van der Waals surface area contributed by atoms with E-state index in [1.807, 2.05) is 31.5 Å². The molecule has 2 aromatic rings. The first-order valence-electron chi connectivity index (χ1n) is 10.7. The summed E-state index contributed by atoms with van der Waals surface area (Å²) in [5, 5.41) is 0. The number of hydrogen-bond donors (Lipinski definition) is 0. The number of methoxy groups -OCH3 is 1. The van der Waals surface area contributed by atoms with Crippen LogP contribution in [-0.4, -0.2) is 47.3 Å². The lowest BCUT2D eigenvalue weighted by Gasteiger charge is -2.53. The van der Waals surface area contributed by atoms with Gasteiger partial charge in [0.15, 0.2) is 11.5 Å². The number of likely N-dealkylation sites (tertiary alicyclic amines) is 1. The van der Waals surface area contributed by atoms with E-state index in [2.05, 4.69) is 20.9 Å². The van der Waals surface area contributed by atoms with E-state index in [4.69, 9.17) is 14.2 Å². The van der Waals surface area contributed by atoms with Crippen molar-refractivity contribution < 1.29 is 14.2 Å². The number of aryl methyl sites for hydroxylation is 1. The van der Waals surface area contributed by atoms with Gasteiger partial charge in [-0.3, -0.25) is 4.90 Å². The van der Waals surface area contributed by atoms with Crippen molar-refractivity contribution in [2.24, 2.45) is 5.92 Å². The molecule has 29 heavy (non-hydrogen) atoms. The normalized spacial score (nSPS) is 25.7. The highest BCUT2D eigenvalue weighted by Crippen LogP contribution is 2.55. The molecule has 1 aromatic heterocycles. The predicted molar refractivity (Wildman–Crippen MR) is 109 cm³/mol. The van der Waals surface area contributed by atoms with Crippen molar-refractivity contribution in [1.29, 1.82) is 0 Å². The zero-order chi connectivity index (χ0) is 19.8. The number of ether oxygens (including phenoxy) is 3. The lowest BCUT2D eigenvalue weighted by atomic mass is 9.70. The van der Waals surface area contributed by atoms with Gasteiger partial charge in [0.1, 0.15) is 11.4 Å². The van der Waals surface area contributed by atoms with E-state index < -0.39 is 0 Å². The van der Waals surface area contributed by atoms with Gasteiger partial charge in [-0.05, 0) is 25.8 Å². The summed E-state index contributed by atoms with van der Waals surface area (Å²) in [5.74, 6) is 2.92. The first-order valence-corrected chi connectivity index (χ1v) is 10.7. The van der Waals surface area contributed by atoms with Crippen LogP contribution in [0.3, 0.4) is 0 Å². The zero-order valence-electron chi connectivity index (χ0n) is 17.3. The van der Waals surface area contributed by atoms with Crippen LogP contribution in [0.2, 0.25) is 0 Å². The summed E-state index contributed by atoms with van der Waals surface area (Å²) in [4.78, 5) is 11.2. The van der Waals surface area contributed by atoms with Crippen LogP contribution in [0.1, 0.15) is 48.7 Å². The van der Waals surface area contributed by atoms with Crippen LogP contribution in [0.15, 0.2) is 30.6 Å². The Hall–Kier alpha value is -2.18. The summed E-state index contributed by atoms with van der Waals surface area (Å²) in [7, 11) is 1.71. The Morgan fingerprint density at radius 1 is 1.21 bits per heavy atom. The second kappa shape index (κ2) is 7.58. The van der Waals surface area contributed by atoms with Gasteiger partial charge in [0.2, 0.25) is 0 Å². The minimum absolute atomic E-state index is 0.111. The average Bonchev–Trinajstić information content (AvgIpc) is 2.77. The Balaban J connectivity index is 1.38. The van der Waals surface area contributed by atoms with Crippen molar-refractivity contribution in [3.63, 3.8) is 0 Å². The Labute approximate surface area is 172 Å². The Morgan fingerprint density at radius 2 is 2.00 bits per heavy atom. The summed E-state index contributed by atoms with van der Waals surface area (Å²) in [5.41, 5.74) is 2.15. The molecule has 0 N–H and O–H groups in total. The molecular weight excluding hydrogens is 366 g/mol. The van der Waals surface area contributed by atoms with Crippen LogP contribution in [0.25, 0.3) is 0 Å². The number of nitrogens with zero attached hydrogens (tertiary/aromatic N) is 3. The van der Waals surface area contributed by atoms with E-state index in [1.54, 1.807) is 7.11 Å². The van der Waals surface area contributed by atoms with Crippen LogP contribution in [0.4, 0.5) is 0 Å². The van der Waals surface area contributed by atoms with Gasteiger partial charge in [0.05, 0.1) is 13.2 Å². The quantitative estimate of drug-likeness (QED) is 0.790. The van der Waals surface area contributed by atoms with Crippen molar-refractivity contribution in [2.75, 3.05) is 26.8 Å². The van der Waals surface area contributed by atoms with Gasteiger partial charge in [0.25, 0.3) is 0 Å². The highest BCUT2D eigenvalue weighted by Gasteiger charge is 2.53. The highest BCUT2D eigenvalue weighted by atomic mass is 16.5.